The second-order valence-electron chi connectivity index (χ2n) is 2.63. The van der Waals surface area contributed by atoms with Crippen molar-refractivity contribution < 1.29 is 22.9 Å². The Balaban J connectivity index is 4.77. The predicted molar refractivity (Wildman–Crippen MR) is 59.9 cm³/mol. The first kappa shape index (κ1) is 15.4. The highest BCUT2D eigenvalue weighted by Crippen LogP contribution is 2.50. The van der Waals surface area contributed by atoms with Crippen LogP contribution in [0.15, 0.2) is 10.8 Å². The highest BCUT2D eigenvalue weighted by Gasteiger charge is 2.26. The molecule has 0 aliphatic carbocycles. The standard InChI is InChI=1S/C8H15ClNO5P/c1-5-10-8(11)7(9)6(2)15-16(12,13-3)14-4/h5H2,1-4H3,(H,10,11)/b7-6+. The van der Waals surface area contributed by atoms with Gasteiger partial charge in [-0.05, 0) is 13.8 Å². The fourth-order valence-electron chi connectivity index (χ4n) is 0.755. The molecule has 0 rings (SSSR count). The number of phosphoric acid groups is 1. The van der Waals surface area contributed by atoms with E-state index in [2.05, 4.69) is 14.4 Å². The molecule has 0 aromatic heterocycles. The van der Waals surface area contributed by atoms with E-state index in [4.69, 9.17) is 16.1 Å². The molecule has 16 heavy (non-hydrogen) atoms. The monoisotopic (exact) mass is 271 g/mol. The zero-order chi connectivity index (χ0) is 12.8. The topological polar surface area (TPSA) is 73.9 Å². The average Bonchev–Trinajstić information content (AvgIpc) is 2.28. The minimum absolute atomic E-state index is 0.0281. The Hall–Kier alpha value is -0.550. The second-order valence-corrected chi connectivity index (χ2v) is 4.82. The number of phosphoric ester groups is 1. The van der Waals surface area contributed by atoms with Crippen LogP contribution in [0.4, 0.5) is 0 Å². The largest absolute Gasteiger partial charge is 0.529 e. The Kier molecular flexibility index (Phi) is 6.67. The van der Waals surface area contributed by atoms with Crippen LogP contribution in [0.3, 0.4) is 0 Å². The molecule has 0 heterocycles. The molecule has 1 N–H and O–H groups in total. The first-order chi connectivity index (χ1) is 7.40. The van der Waals surface area contributed by atoms with Crippen LogP contribution >= 0.6 is 19.4 Å². The molecule has 0 spiro atoms. The minimum Gasteiger partial charge on any atom is -0.407 e. The predicted octanol–water partition coefficient (Wildman–Crippen LogP) is 2.01. The lowest BCUT2D eigenvalue weighted by Crippen LogP contribution is -2.23. The van der Waals surface area contributed by atoms with E-state index in [1.165, 1.54) is 6.92 Å². The Morgan fingerprint density at radius 2 is 1.88 bits per heavy atom. The number of halogens is 1. The molecule has 94 valence electrons. The first-order valence-electron chi connectivity index (χ1n) is 4.45. The fraction of sp³-hybridized carbons (Fsp3) is 0.625. The maximum Gasteiger partial charge on any atom is 0.529 e. The maximum atomic E-state index is 11.6. The van der Waals surface area contributed by atoms with E-state index in [1.54, 1.807) is 6.92 Å². The number of allylic oxidation sites excluding steroid dienone is 1. The van der Waals surface area contributed by atoms with E-state index in [9.17, 15) is 9.36 Å². The molecule has 1 amide bonds. The van der Waals surface area contributed by atoms with Crippen molar-refractivity contribution in [3.8, 4) is 0 Å². The number of rotatable bonds is 6. The van der Waals surface area contributed by atoms with Gasteiger partial charge in [-0.15, -0.1) is 0 Å². The van der Waals surface area contributed by atoms with Crippen molar-refractivity contribution in [2.24, 2.45) is 0 Å². The van der Waals surface area contributed by atoms with Crippen molar-refractivity contribution in [1.82, 2.24) is 5.32 Å². The van der Waals surface area contributed by atoms with Crippen molar-refractivity contribution in [3.05, 3.63) is 10.8 Å². The molecule has 0 aromatic rings. The summed E-state index contributed by atoms with van der Waals surface area (Å²) < 4.78 is 25.5. The quantitative estimate of drug-likeness (QED) is 0.454. The van der Waals surface area contributed by atoms with Gasteiger partial charge in [-0.1, -0.05) is 11.6 Å². The molecule has 0 saturated carbocycles. The van der Waals surface area contributed by atoms with E-state index >= 15 is 0 Å². The summed E-state index contributed by atoms with van der Waals surface area (Å²) in [5.74, 6) is -0.542. The van der Waals surface area contributed by atoms with Crippen LogP contribution in [0.2, 0.25) is 0 Å². The van der Waals surface area contributed by atoms with E-state index in [0.717, 1.165) is 14.2 Å². The molecule has 0 atom stereocenters. The van der Waals surface area contributed by atoms with E-state index in [1.807, 2.05) is 0 Å². The first-order valence-corrected chi connectivity index (χ1v) is 6.29. The third kappa shape index (κ3) is 4.53. The highest BCUT2D eigenvalue weighted by atomic mass is 35.5. The van der Waals surface area contributed by atoms with Crippen molar-refractivity contribution in [1.29, 1.82) is 0 Å². The van der Waals surface area contributed by atoms with Crippen LogP contribution in [-0.4, -0.2) is 26.7 Å². The Labute approximate surface area is 99.5 Å². The normalized spacial score (nSPS) is 13.1. The molecule has 8 heteroatoms. The summed E-state index contributed by atoms with van der Waals surface area (Å²) in [5, 5.41) is 2.27. The van der Waals surface area contributed by atoms with E-state index in [0.29, 0.717) is 6.54 Å². The number of hydrogen-bond donors (Lipinski definition) is 1. The smallest absolute Gasteiger partial charge is 0.407 e. The number of amides is 1. The summed E-state index contributed by atoms with van der Waals surface area (Å²) in [7, 11) is -1.34. The van der Waals surface area contributed by atoms with Gasteiger partial charge in [0.1, 0.15) is 10.8 Å². The SMILES string of the molecule is CCNC(=O)/C(Cl)=C(/C)OP(=O)(OC)OC. The third-order valence-corrected chi connectivity index (χ3v) is 3.37. The molecule has 6 nitrogen and oxygen atoms in total. The summed E-state index contributed by atoms with van der Waals surface area (Å²) in [4.78, 5) is 11.3. The van der Waals surface area contributed by atoms with Crippen LogP contribution in [0.1, 0.15) is 13.8 Å². The van der Waals surface area contributed by atoms with E-state index < -0.39 is 13.7 Å². The second kappa shape index (κ2) is 6.91. The van der Waals surface area contributed by atoms with Crippen LogP contribution in [0, 0.1) is 0 Å². The van der Waals surface area contributed by atoms with Gasteiger partial charge in [-0.3, -0.25) is 13.8 Å². The number of hydrogen-bond acceptors (Lipinski definition) is 5. The van der Waals surface area contributed by atoms with Gasteiger partial charge in [-0.25, -0.2) is 4.57 Å². The molecule has 0 fully saturated rings. The highest BCUT2D eigenvalue weighted by molar-refractivity contribution is 7.48. The molecule has 0 unspecified atom stereocenters. The van der Waals surface area contributed by atoms with E-state index in [-0.39, 0.29) is 10.8 Å². The molecule has 0 aromatic carbocycles. The Morgan fingerprint density at radius 1 is 1.38 bits per heavy atom. The lowest BCUT2D eigenvalue weighted by molar-refractivity contribution is -0.116. The summed E-state index contributed by atoms with van der Waals surface area (Å²) in [5.41, 5.74) is 0. The molecule has 0 bridgehead atoms. The fourth-order valence-corrected chi connectivity index (χ4v) is 1.64. The lowest BCUT2D eigenvalue weighted by Gasteiger charge is -2.15. The van der Waals surface area contributed by atoms with Gasteiger partial charge < -0.3 is 9.84 Å². The van der Waals surface area contributed by atoms with Crippen LogP contribution in [-0.2, 0) is 22.9 Å². The van der Waals surface area contributed by atoms with Gasteiger partial charge in [0, 0.05) is 20.8 Å². The molecular formula is C8H15ClNO5P. The van der Waals surface area contributed by atoms with Gasteiger partial charge in [0.2, 0.25) is 0 Å². The summed E-state index contributed by atoms with van der Waals surface area (Å²) in [6, 6.07) is 0. The van der Waals surface area contributed by atoms with Crippen LogP contribution in [0.25, 0.3) is 0 Å². The number of likely N-dealkylation sites (N-methyl/N-ethyl adjacent to an activating group) is 1. The van der Waals surface area contributed by atoms with Gasteiger partial charge >= 0.3 is 7.82 Å². The maximum absolute atomic E-state index is 11.6. The van der Waals surface area contributed by atoms with Crippen molar-refractivity contribution in [2.45, 2.75) is 13.8 Å². The number of carbonyl (C=O) groups is 1. The molecule has 0 radical (unpaired) electrons. The average molecular weight is 272 g/mol. The van der Waals surface area contributed by atoms with Gasteiger partial charge in [0.25, 0.3) is 5.91 Å². The summed E-state index contributed by atoms with van der Waals surface area (Å²) in [6.07, 6.45) is 0. The van der Waals surface area contributed by atoms with Crippen LogP contribution < -0.4 is 5.32 Å². The molecule has 0 saturated heterocycles. The van der Waals surface area contributed by atoms with Crippen molar-refractivity contribution in [3.63, 3.8) is 0 Å². The zero-order valence-corrected chi connectivity index (χ0v) is 11.2. The summed E-state index contributed by atoms with van der Waals surface area (Å²) >= 11 is 5.69. The van der Waals surface area contributed by atoms with Crippen molar-refractivity contribution in [2.75, 3.05) is 20.8 Å². The lowest BCUT2D eigenvalue weighted by atomic mass is 10.4. The molecule has 0 aliphatic heterocycles. The summed E-state index contributed by atoms with van der Waals surface area (Å²) in [6.45, 7) is 3.56. The minimum atomic E-state index is -3.67. The van der Waals surface area contributed by atoms with Gasteiger partial charge in [0.05, 0.1) is 0 Å². The van der Waals surface area contributed by atoms with Crippen LogP contribution in [0.5, 0.6) is 0 Å². The third-order valence-electron chi connectivity index (χ3n) is 1.54. The Morgan fingerprint density at radius 3 is 2.25 bits per heavy atom. The number of nitrogens with one attached hydrogen (secondary N) is 1. The molecular weight excluding hydrogens is 257 g/mol. The van der Waals surface area contributed by atoms with Gasteiger partial charge in [0.15, 0.2) is 0 Å². The van der Waals surface area contributed by atoms with Gasteiger partial charge in [-0.2, -0.15) is 0 Å². The number of carbonyl (C=O) groups excluding carboxylic acids is 1. The zero-order valence-electron chi connectivity index (χ0n) is 9.57. The Bertz CT molecular complexity index is 322. The van der Waals surface area contributed by atoms with Crippen molar-refractivity contribution >= 4 is 25.3 Å². The molecule has 0 aliphatic rings.